The zero-order valence-electron chi connectivity index (χ0n) is 28.4. The molecule has 0 radical (unpaired) electrons. The predicted octanol–water partition coefficient (Wildman–Crippen LogP) is 8.09. The number of halogens is 1. The summed E-state index contributed by atoms with van der Waals surface area (Å²) >= 11 is 0. The molecule has 2 aliphatic heterocycles. The molecule has 1 N–H and O–H groups in total. The molecule has 44 heavy (non-hydrogen) atoms. The zero-order valence-corrected chi connectivity index (χ0v) is 28.4. The molecule has 4 aliphatic carbocycles. The molecule has 0 aromatic heterocycles. The highest BCUT2D eigenvalue weighted by Gasteiger charge is 2.65. The number of likely N-dealkylation sites (N-methyl/N-ethyl adjacent to an activating group) is 1. The van der Waals surface area contributed by atoms with Crippen molar-refractivity contribution in [3.63, 3.8) is 0 Å². The van der Waals surface area contributed by atoms with Gasteiger partial charge in [0.15, 0.2) is 0 Å². The lowest BCUT2D eigenvalue weighted by molar-refractivity contribution is -0.139. The van der Waals surface area contributed by atoms with Gasteiger partial charge < -0.3 is 19.7 Å². The van der Waals surface area contributed by atoms with Crippen LogP contribution < -0.4 is 5.32 Å². The normalized spacial score (nSPS) is 46.1. The molecule has 4 saturated carbocycles. The average molecular weight is 609 g/mol. The van der Waals surface area contributed by atoms with Gasteiger partial charge in [0.1, 0.15) is 5.82 Å². The molecular formula is C39H61FN2O2. The first-order valence-electron chi connectivity index (χ1n) is 18.6. The van der Waals surface area contributed by atoms with E-state index in [0.29, 0.717) is 47.7 Å². The van der Waals surface area contributed by atoms with Gasteiger partial charge in [0, 0.05) is 25.7 Å². The highest BCUT2D eigenvalue weighted by molar-refractivity contribution is 5.16. The number of rotatable bonds is 8. The van der Waals surface area contributed by atoms with Crippen molar-refractivity contribution in [2.24, 2.45) is 52.3 Å². The average Bonchev–Trinajstić information content (AvgIpc) is 3.49. The fourth-order valence-corrected chi connectivity index (χ4v) is 12.3. The van der Waals surface area contributed by atoms with Gasteiger partial charge in [0.05, 0.1) is 24.9 Å². The molecule has 1 aromatic carbocycles. The van der Waals surface area contributed by atoms with Crippen LogP contribution in [0.2, 0.25) is 0 Å². The summed E-state index contributed by atoms with van der Waals surface area (Å²) in [6.45, 7) is 14.5. The molecule has 4 nitrogen and oxygen atoms in total. The third-order valence-corrected chi connectivity index (χ3v) is 14.9. The van der Waals surface area contributed by atoms with Crippen LogP contribution in [0.1, 0.15) is 104 Å². The number of hydrogen-bond acceptors (Lipinski definition) is 4. The van der Waals surface area contributed by atoms with Crippen LogP contribution in [0.25, 0.3) is 0 Å². The Hall–Kier alpha value is -1.01. The highest BCUT2D eigenvalue weighted by atomic mass is 19.1. The molecule has 2 heterocycles. The molecule has 7 rings (SSSR count). The monoisotopic (exact) mass is 608 g/mol. The molecule has 0 bridgehead atoms. The quantitative estimate of drug-likeness (QED) is 0.323. The largest absolute Gasteiger partial charge is 0.374 e. The number of fused-ring (bicyclic) bond motifs is 7. The number of benzene rings is 1. The topological polar surface area (TPSA) is 33.7 Å². The van der Waals surface area contributed by atoms with Crippen molar-refractivity contribution in [3.05, 3.63) is 35.6 Å². The Morgan fingerprint density at radius 2 is 1.84 bits per heavy atom. The maximum atomic E-state index is 13.3. The van der Waals surface area contributed by atoms with E-state index in [4.69, 9.17) is 9.47 Å². The van der Waals surface area contributed by atoms with Crippen LogP contribution in [0.3, 0.4) is 0 Å². The van der Waals surface area contributed by atoms with Gasteiger partial charge in [-0.05, 0) is 148 Å². The van der Waals surface area contributed by atoms with E-state index in [1.807, 2.05) is 12.1 Å². The van der Waals surface area contributed by atoms with Gasteiger partial charge in [0.25, 0.3) is 0 Å². The van der Waals surface area contributed by atoms with Gasteiger partial charge in [-0.2, -0.15) is 0 Å². The third kappa shape index (κ3) is 5.73. The van der Waals surface area contributed by atoms with Crippen molar-refractivity contribution in [3.8, 4) is 0 Å². The first kappa shape index (κ1) is 31.6. The molecule has 1 aromatic rings. The second kappa shape index (κ2) is 12.5. The minimum Gasteiger partial charge on any atom is -0.374 e. The van der Waals surface area contributed by atoms with E-state index in [-0.39, 0.29) is 5.82 Å². The van der Waals surface area contributed by atoms with E-state index >= 15 is 0 Å². The van der Waals surface area contributed by atoms with Gasteiger partial charge in [-0.1, -0.05) is 39.8 Å². The Labute approximate surface area is 267 Å². The van der Waals surface area contributed by atoms with Gasteiger partial charge in [-0.3, -0.25) is 0 Å². The van der Waals surface area contributed by atoms with Crippen LogP contribution in [0, 0.1) is 58.1 Å². The molecule has 13 atom stereocenters. The van der Waals surface area contributed by atoms with E-state index in [0.717, 1.165) is 54.2 Å². The summed E-state index contributed by atoms with van der Waals surface area (Å²) in [6.07, 6.45) is 15.8. The minimum atomic E-state index is -0.171. The van der Waals surface area contributed by atoms with E-state index < -0.39 is 0 Å². The minimum absolute atomic E-state index is 0.171. The van der Waals surface area contributed by atoms with Crippen LogP contribution in [0.4, 0.5) is 4.39 Å². The molecule has 0 spiro atoms. The summed E-state index contributed by atoms with van der Waals surface area (Å²) in [4.78, 5) is 2.56. The van der Waals surface area contributed by atoms with Gasteiger partial charge in [-0.25, -0.2) is 4.39 Å². The molecule has 2 saturated heterocycles. The number of hydrogen-bond donors (Lipinski definition) is 1. The smallest absolute Gasteiger partial charge is 0.123 e. The van der Waals surface area contributed by atoms with Crippen LogP contribution in [0.15, 0.2) is 24.3 Å². The Balaban J connectivity index is 0.940. The van der Waals surface area contributed by atoms with Crippen LogP contribution in [0.5, 0.6) is 0 Å². The molecule has 246 valence electrons. The van der Waals surface area contributed by atoms with Crippen molar-refractivity contribution in [1.29, 1.82) is 0 Å². The summed E-state index contributed by atoms with van der Waals surface area (Å²) in [5.74, 6) is 5.42. The van der Waals surface area contributed by atoms with Crippen LogP contribution in [-0.4, -0.2) is 55.9 Å². The van der Waals surface area contributed by atoms with Crippen LogP contribution >= 0.6 is 0 Å². The molecule has 6 fully saturated rings. The van der Waals surface area contributed by atoms with Crippen molar-refractivity contribution in [1.82, 2.24) is 10.2 Å². The first-order valence-corrected chi connectivity index (χ1v) is 18.6. The molecular weight excluding hydrogens is 547 g/mol. The molecule has 1 unspecified atom stereocenters. The summed E-state index contributed by atoms with van der Waals surface area (Å²) in [5.41, 5.74) is 2.01. The van der Waals surface area contributed by atoms with Gasteiger partial charge >= 0.3 is 0 Å². The van der Waals surface area contributed by atoms with Crippen LogP contribution in [-0.2, 0) is 16.1 Å². The summed E-state index contributed by atoms with van der Waals surface area (Å²) < 4.78 is 26.8. The van der Waals surface area contributed by atoms with E-state index in [9.17, 15) is 4.39 Å². The molecule has 5 heteroatoms. The molecule has 0 amide bonds. The van der Waals surface area contributed by atoms with E-state index in [2.05, 4.69) is 45.0 Å². The number of ether oxygens (including phenoxy) is 2. The fourth-order valence-electron chi connectivity index (χ4n) is 12.3. The summed E-state index contributed by atoms with van der Waals surface area (Å²) in [7, 11) is 2.30. The van der Waals surface area contributed by atoms with Crippen molar-refractivity contribution < 1.29 is 13.9 Å². The zero-order chi connectivity index (χ0) is 30.6. The Bertz CT molecular complexity index is 1130. The number of nitrogens with zero attached hydrogens (tertiary/aromatic N) is 1. The lowest BCUT2D eigenvalue weighted by Crippen LogP contribution is -2.54. The second-order valence-electron chi connectivity index (χ2n) is 17.1. The SMILES string of the molecule is C[C@@H](CC[C@H]1O[C@H]2C[C@H]3[C@@H]4CC[C@@H]5C[C@@H](OCc6ccc(F)cc6)CC[C@]5(C)[C@H]4CC[C@]3(C)[C@H]2[C@@H]1C)CC1CNCCN1C. The Morgan fingerprint density at radius 3 is 2.64 bits per heavy atom. The number of piperazine rings is 1. The maximum Gasteiger partial charge on any atom is 0.123 e. The fraction of sp³-hybridized carbons (Fsp3) is 0.846. The van der Waals surface area contributed by atoms with E-state index in [1.165, 1.54) is 77.2 Å². The second-order valence-corrected chi connectivity index (χ2v) is 17.1. The number of nitrogens with one attached hydrogen (secondary N) is 1. The summed E-state index contributed by atoms with van der Waals surface area (Å²) in [5, 5.41) is 3.60. The maximum absolute atomic E-state index is 13.3. The lowest BCUT2D eigenvalue weighted by atomic mass is 9.44. The predicted molar refractivity (Wildman–Crippen MR) is 176 cm³/mol. The standard InChI is InChI=1S/C39H61FN2O2/c1-25(20-30-23-41-18-19-42(30)5)6-13-35-26(2)37-36(44-35)22-34-32-12-9-28-21-31(43-24-27-7-10-29(40)11-8-27)14-16-38(28,3)33(32)15-17-39(34,37)4/h7-8,10-11,25-26,28,30-37,41H,6,9,12-24H2,1-5H3/t25-,26+,28+,30?,31-,32+,33-,34-,35+,36-,37-,38-,39-/m0/s1. The molecule has 6 aliphatic rings. The van der Waals surface area contributed by atoms with Gasteiger partial charge in [-0.15, -0.1) is 0 Å². The Kier molecular flexibility index (Phi) is 9.01. The van der Waals surface area contributed by atoms with E-state index in [1.54, 1.807) is 12.1 Å². The van der Waals surface area contributed by atoms with Crippen molar-refractivity contribution in [2.45, 2.75) is 129 Å². The third-order valence-electron chi connectivity index (χ3n) is 14.9. The summed E-state index contributed by atoms with van der Waals surface area (Å²) in [6, 6.07) is 7.52. The van der Waals surface area contributed by atoms with Gasteiger partial charge in [0.2, 0.25) is 0 Å². The first-order chi connectivity index (χ1) is 21.2. The Morgan fingerprint density at radius 1 is 1.05 bits per heavy atom. The lowest BCUT2D eigenvalue weighted by Gasteiger charge is -2.61. The van der Waals surface area contributed by atoms with Crippen molar-refractivity contribution >= 4 is 0 Å². The van der Waals surface area contributed by atoms with Crippen molar-refractivity contribution in [2.75, 3.05) is 26.7 Å². The highest BCUT2D eigenvalue weighted by Crippen LogP contribution is 2.70.